The van der Waals surface area contributed by atoms with E-state index in [4.69, 9.17) is 4.74 Å². The highest BCUT2D eigenvalue weighted by Crippen LogP contribution is 2.19. The van der Waals surface area contributed by atoms with E-state index in [-0.39, 0.29) is 11.3 Å². The Balaban J connectivity index is 2.03. The lowest BCUT2D eigenvalue weighted by Crippen LogP contribution is -2.30. The van der Waals surface area contributed by atoms with Crippen LogP contribution in [0.2, 0.25) is 0 Å². The number of amides is 1. The van der Waals surface area contributed by atoms with Crippen molar-refractivity contribution in [1.29, 1.82) is 0 Å². The van der Waals surface area contributed by atoms with Crippen molar-refractivity contribution < 1.29 is 18.7 Å². The molecular weight excluding hydrogens is 319 g/mol. The number of hydrogen-bond acceptors (Lipinski definition) is 5. The van der Waals surface area contributed by atoms with Gasteiger partial charge in [0.15, 0.2) is 6.10 Å². The van der Waals surface area contributed by atoms with Crippen LogP contribution < -0.4 is 5.32 Å². The Morgan fingerprint density at radius 2 is 2.00 bits per heavy atom. The molecule has 1 unspecified atom stereocenters. The number of aromatic nitrogens is 1. The topological polar surface area (TPSA) is 68.3 Å². The number of benzene rings is 1. The highest BCUT2D eigenvalue weighted by molar-refractivity contribution is 7.98. The van der Waals surface area contributed by atoms with Gasteiger partial charge in [0.05, 0.1) is 11.3 Å². The molecule has 5 nitrogen and oxygen atoms in total. The van der Waals surface area contributed by atoms with Crippen LogP contribution in [0.1, 0.15) is 17.3 Å². The molecule has 23 heavy (non-hydrogen) atoms. The van der Waals surface area contributed by atoms with Gasteiger partial charge < -0.3 is 10.1 Å². The van der Waals surface area contributed by atoms with Crippen LogP contribution in [0.25, 0.3) is 0 Å². The average molecular weight is 334 g/mol. The lowest BCUT2D eigenvalue weighted by atomic mass is 10.2. The van der Waals surface area contributed by atoms with Gasteiger partial charge in [-0.3, -0.25) is 4.79 Å². The van der Waals surface area contributed by atoms with Crippen molar-refractivity contribution in [3.63, 3.8) is 0 Å². The van der Waals surface area contributed by atoms with E-state index in [9.17, 15) is 14.0 Å². The molecule has 7 heteroatoms. The second-order valence-electron chi connectivity index (χ2n) is 4.58. The Morgan fingerprint density at radius 3 is 2.70 bits per heavy atom. The SMILES string of the molecule is CSc1ncccc1C(=O)OC(C)C(=O)Nc1ccccc1F. The van der Waals surface area contributed by atoms with Crippen LogP contribution in [0.3, 0.4) is 0 Å². The smallest absolute Gasteiger partial charge is 0.341 e. The van der Waals surface area contributed by atoms with Crippen molar-refractivity contribution in [3.8, 4) is 0 Å². The first-order valence-electron chi connectivity index (χ1n) is 6.78. The third-order valence-electron chi connectivity index (χ3n) is 2.97. The summed E-state index contributed by atoms with van der Waals surface area (Å²) in [5, 5.41) is 2.90. The summed E-state index contributed by atoms with van der Waals surface area (Å²) in [5.41, 5.74) is 0.317. The first-order chi connectivity index (χ1) is 11.0. The van der Waals surface area contributed by atoms with E-state index in [0.717, 1.165) is 0 Å². The number of rotatable bonds is 5. The fourth-order valence-electron chi connectivity index (χ4n) is 1.78. The number of esters is 1. The zero-order valence-corrected chi connectivity index (χ0v) is 13.4. The molecule has 2 aromatic rings. The number of nitrogens with one attached hydrogen (secondary N) is 1. The Hall–Kier alpha value is -2.41. The molecule has 1 heterocycles. The predicted octanol–water partition coefficient (Wildman–Crippen LogP) is 3.13. The van der Waals surface area contributed by atoms with Crippen LogP contribution in [-0.4, -0.2) is 29.2 Å². The number of nitrogens with zero attached hydrogens (tertiary/aromatic N) is 1. The molecular formula is C16H15FN2O3S. The van der Waals surface area contributed by atoms with Crippen LogP contribution in [0.15, 0.2) is 47.6 Å². The summed E-state index contributed by atoms with van der Waals surface area (Å²) in [6.07, 6.45) is 2.28. The lowest BCUT2D eigenvalue weighted by molar-refractivity contribution is -0.123. The molecule has 0 aliphatic carbocycles. The summed E-state index contributed by atoms with van der Waals surface area (Å²) < 4.78 is 18.6. The molecule has 1 N–H and O–H groups in total. The van der Waals surface area contributed by atoms with Crippen LogP contribution >= 0.6 is 11.8 Å². The minimum absolute atomic E-state index is 0.0339. The number of ether oxygens (including phenoxy) is 1. The van der Waals surface area contributed by atoms with Crippen molar-refractivity contribution in [2.45, 2.75) is 18.1 Å². The van der Waals surface area contributed by atoms with E-state index >= 15 is 0 Å². The molecule has 0 bridgehead atoms. The summed E-state index contributed by atoms with van der Waals surface area (Å²) in [7, 11) is 0. The van der Waals surface area contributed by atoms with E-state index in [2.05, 4.69) is 10.3 Å². The van der Waals surface area contributed by atoms with Crippen molar-refractivity contribution in [2.24, 2.45) is 0 Å². The summed E-state index contributed by atoms with van der Waals surface area (Å²) >= 11 is 1.30. The maximum atomic E-state index is 13.5. The summed E-state index contributed by atoms with van der Waals surface area (Å²) in [5.74, 6) is -1.83. The fourth-order valence-corrected chi connectivity index (χ4v) is 2.32. The molecule has 1 amide bonds. The molecule has 0 radical (unpaired) electrons. The molecule has 1 atom stereocenters. The van der Waals surface area contributed by atoms with E-state index in [0.29, 0.717) is 5.03 Å². The van der Waals surface area contributed by atoms with E-state index in [1.807, 2.05) is 0 Å². The van der Waals surface area contributed by atoms with Gasteiger partial charge >= 0.3 is 5.97 Å². The van der Waals surface area contributed by atoms with Crippen LogP contribution in [0.5, 0.6) is 0 Å². The Labute approximate surface area is 137 Å². The van der Waals surface area contributed by atoms with Crippen LogP contribution in [0.4, 0.5) is 10.1 Å². The van der Waals surface area contributed by atoms with E-state index in [1.165, 1.54) is 36.9 Å². The molecule has 0 fully saturated rings. The molecule has 120 valence electrons. The molecule has 2 rings (SSSR count). The number of hydrogen-bond donors (Lipinski definition) is 1. The van der Waals surface area contributed by atoms with Gasteiger partial charge in [-0.15, -0.1) is 11.8 Å². The number of thioether (sulfide) groups is 1. The van der Waals surface area contributed by atoms with Gasteiger partial charge in [-0.25, -0.2) is 14.2 Å². The van der Waals surface area contributed by atoms with Crippen molar-refractivity contribution in [2.75, 3.05) is 11.6 Å². The average Bonchev–Trinajstić information content (AvgIpc) is 2.56. The predicted molar refractivity (Wildman–Crippen MR) is 85.9 cm³/mol. The Kier molecular flexibility index (Phi) is 5.70. The Morgan fingerprint density at radius 1 is 1.26 bits per heavy atom. The van der Waals surface area contributed by atoms with E-state index in [1.54, 1.807) is 30.7 Å². The molecule has 0 aliphatic heterocycles. The largest absolute Gasteiger partial charge is 0.449 e. The summed E-state index contributed by atoms with van der Waals surface area (Å²) in [6, 6.07) is 8.95. The molecule has 0 aliphatic rings. The van der Waals surface area contributed by atoms with Crippen LogP contribution in [0, 0.1) is 5.82 Å². The standard InChI is InChI=1S/C16H15FN2O3S/c1-10(14(20)19-13-8-4-3-7-12(13)17)22-16(21)11-6-5-9-18-15(11)23-2/h3-10H,1-2H3,(H,19,20). The maximum Gasteiger partial charge on any atom is 0.341 e. The number of halogens is 1. The van der Waals surface area contributed by atoms with Gasteiger partial charge in [0.2, 0.25) is 0 Å². The number of anilines is 1. The third-order valence-corrected chi connectivity index (χ3v) is 3.68. The van der Waals surface area contributed by atoms with Crippen molar-refractivity contribution in [1.82, 2.24) is 4.98 Å². The Bertz CT molecular complexity index is 724. The van der Waals surface area contributed by atoms with Crippen molar-refractivity contribution >= 4 is 29.3 Å². The maximum absolute atomic E-state index is 13.5. The van der Waals surface area contributed by atoms with Gasteiger partial charge in [-0.1, -0.05) is 12.1 Å². The first-order valence-corrected chi connectivity index (χ1v) is 8.00. The van der Waals surface area contributed by atoms with Gasteiger partial charge in [0, 0.05) is 6.20 Å². The second kappa shape index (κ2) is 7.73. The van der Waals surface area contributed by atoms with Gasteiger partial charge in [0.1, 0.15) is 10.8 Å². The van der Waals surface area contributed by atoms with Crippen LogP contribution in [-0.2, 0) is 9.53 Å². The zero-order valence-electron chi connectivity index (χ0n) is 12.6. The highest BCUT2D eigenvalue weighted by Gasteiger charge is 2.21. The summed E-state index contributed by atoms with van der Waals surface area (Å²) in [6.45, 7) is 1.42. The van der Waals surface area contributed by atoms with Gasteiger partial charge in [0.25, 0.3) is 5.91 Å². The molecule has 1 aromatic heterocycles. The fraction of sp³-hybridized carbons (Fsp3) is 0.188. The molecule has 1 aromatic carbocycles. The number of para-hydroxylation sites is 1. The van der Waals surface area contributed by atoms with Gasteiger partial charge in [-0.05, 0) is 37.4 Å². The minimum Gasteiger partial charge on any atom is -0.449 e. The lowest BCUT2D eigenvalue weighted by Gasteiger charge is -2.14. The molecule has 0 saturated heterocycles. The number of carbonyl (C=O) groups excluding carboxylic acids is 2. The monoisotopic (exact) mass is 334 g/mol. The molecule has 0 saturated carbocycles. The van der Waals surface area contributed by atoms with E-state index < -0.39 is 23.8 Å². The highest BCUT2D eigenvalue weighted by atomic mass is 32.2. The van der Waals surface area contributed by atoms with Gasteiger partial charge in [-0.2, -0.15) is 0 Å². The quantitative estimate of drug-likeness (QED) is 0.672. The first kappa shape index (κ1) is 17.0. The minimum atomic E-state index is -1.07. The number of carbonyl (C=O) groups is 2. The third kappa shape index (κ3) is 4.29. The normalized spacial score (nSPS) is 11.6. The second-order valence-corrected chi connectivity index (χ2v) is 5.37. The zero-order chi connectivity index (χ0) is 16.8. The number of pyridine rings is 1. The molecule has 0 spiro atoms. The summed E-state index contributed by atoms with van der Waals surface area (Å²) in [4.78, 5) is 28.2. The van der Waals surface area contributed by atoms with Crippen molar-refractivity contribution in [3.05, 3.63) is 54.0 Å².